The van der Waals surface area contributed by atoms with Crippen molar-refractivity contribution in [3.63, 3.8) is 0 Å². The van der Waals surface area contributed by atoms with Crippen molar-refractivity contribution in [1.29, 1.82) is 0 Å². The Labute approximate surface area is 96.9 Å². The summed E-state index contributed by atoms with van der Waals surface area (Å²) < 4.78 is 5.01. The highest BCUT2D eigenvalue weighted by Gasteiger charge is 2.24. The molecule has 6 nitrogen and oxygen atoms in total. The number of piperazine rings is 1. The van der Waals surface area contributed by atoms with E-state index in [1.807, 2.05) is 0 Å². The van der Waals surface area contributed by atoms with Gasteiger partial charge in [0.2, 0.25) is 17.7 Å². The van der Waals surface area contributed by atoms with Crippen LogP contribution in [-0.2, 0) is 14.4 Å². The normalized spacial score (nSPS) is 16.4. The highest BCUT2D eigenvalue weighted by molar-refractivity contribution is 6.04. The number of carbonyl (C=O) groups excluding carboxylic acids is 3. The number of imide groups is 1. The lowest BCUT2D eigenvalue weighted by Crippen LogP contribution is -2.52. The first kappa shape index (κ1) is 11.1. The van der Waals surface area contributed by atoms with Gasteiger partial charge in [-0.15, -0.1) is 0 Å². The lowest BCUT2D eigenvalue weighted by molar-refractivity contribution is -0.143. The van der Waals surface area contributed by atoms with Crippen LogP contribution in [0.1, 0.15) is 5.76 Å². The number of hydrogen-bond acceptors (Lipinski definition) is 4. The molecule has 0 aliphatic carbocycles. The molecule has 1 aromatic rings. The lowest BCUT2D eigenvalue weighted by atomic mass is 10.3. The van der Waals surface area contributed by atoms with Crippen LogP contribution in [0.15, 0.2) is 28.9 Å². The van der Waals surface area contributed by atoms with Gasteiger partial charge in [-0.25, -0.2) is 0 Å². The van der Waals surface area contributed by atoms with Crippen molar-refractivity contribution >= 4 is 23.8 Å². The van der Waals surface area contributed by atoms with Gasteiger partial charge in [-0.2, -0.15) is 0 Å². The quantitative estimate of drug-likeness (QED) is 0.566. The van der Waals surface area contributed by atoms with Crippen molar-refractivity contribution in [1.82, 2.24) is 10.2 Å². The molecule has 2 heterocycles. The van der Waals surface area contributed by atoms with Gasteiger partial charge in [0.05, 0.1) is 6.26 Å². The van der Waals surface area contributed by atoms with Crippen molar-refractivity contribution < 1.29 is 18.8 Å². The molecule has 0 saturated carbocycles. The number of carbonyl (C=O) groups is 3. The van der Waals surface area contributed by atoms with E-state index in [2.05, 4.69) is 5.32 Å². The fraction of sp³-hybridized carbons (Fsp3) is 0.182. The first-order valence-corrected chi connectivity index (χ1v) is 4.98. The van der Waals surface area contributed by atoms with Crippen LogP contribution in [0.2, 0.25) is 0 Å². The molecule has 3 amide bonds. The fourth-order valence-electron chi connectivity index (χ4n) is 1.44. The topological polar surface area (TPSA) is 79.6 Å². The fourth-order valence-corrected chi connectivity index (χ4v) is 1.44. The summed E-state index contributed by atoms with van der Waals surface area (Å²) in [6, 6.07) is 3.39. The number of rotatable bonds is 2. The second-order valence-corrected chi connectivity index (χ2v) is 3.51. The van der Waals surface area contributed by atoms with Gasteiger partial charge in [-0.3, -0.25) is 19.7 Å². The Bertz CT molecular complexity index is 460. The molecule has 1 N–H and O–H groups in total. The summed E-state index contributed by atoms with van der Waals surface area (Å²) >= 11 is 0. The third kappa shape index (κ3) is 2.81. The van der Waals surface area contributed by atoms with Gasteiger partial charge in [-0.1, -0.05) is 0 Å². The largest absolute Gasteiger partial charge is 0.465 e. The highest BCUT2D eigenvalue weighted by atomic mass is 16.3. The van der Waals surface area contributed by atoms with E-state index in [9.17, 15) is 14.4 Å². The summed E-state index contributed by atoms with van der Waals surface area (Å²) in [6.07, 6.45) is 4.24. The predicted molar refractivity (Wildman–Crippen MR) is 57.5 cm³/mol. The maximum absolute atomic E-state index is 11.6. The lowest BCUT2D eigenvalue weighted by Gasteiger charge is -2.23. The molecule has 0 aromatic carbocycles. The number of hydrogen-bond donors (Lipinski definition) is 1. The smallest absolute Gasteiger partial charge is 0.247 e. The molecule has 1 aromatic heterocycles. The zero-order valence-electron chi connectivity index (χ0n) is 8.88. The SMILES string of the molecule is O=C1CN(C(=O)C=Cc2ccco2)CC(=O)N1. The summed E-state index contributed by atoms with van der Waals surface area (Å²) in [6.45, 7) is -0.208. The first-order chi connectivity index (χ1) is 8.15. The number of furan rings is 1. The molecule has 0 unspecified atom stereocenters. The molecular weight excluding hydrogens is 224 g/mol. The average molecular weight is 234 g/mol. The van der Waals surface area contributed by atoms with Crippen LogP contribution in [0.25, 0.3) is 6.08 Å². The number of nitrogens with one attached hydrogen (secondary N) is 1. The van der Waals surface area contributed by atoms with Gasteiger partial charge in [0, 0.05) is 6.08 Å². The van der Waals surface area contributed by atoms with Gasteiger partial charge in [0.15, 0.2) is 0 Å². The maximum atomic E-state index is 11.6. The summed E-state index contributed by atoms with van der Waals surface area (Å²) in [5, 5.41) is 2.12. The van der Waals surface area contributed by atoms with Crippen LogP contribution in [0.4, 0.5) is 0 Å². The van der Waals surface area contributed by atoms with E-state index in [1.165, 1.54) is 23.3 Å². The third-order valence-corrected chi connectivity index (χ3v) is 2.19. The van der Waals surface area contributed by atoms with E-state index in [-0.39, 0.29) is 13.1 Å². The maximum Gasteiger partial charge on any atom is 0.247 e. The molecule has 0 atom stereocenters. The van der Waals surface area contributed by atoms with E-state index < -0.39 is 17.7 Å². The second kappa shape index (κ2) is 4.65. The van der Waals surface area contributed by atoms with Crippen molar-refractivity contribution in [2.45, 2.75) is 0 Å². The van der Waals surface area contributed by atoms with Crippen molar-refractivity contribution in [3.8, 4) is 0 Å². The van der Waals surface area contributed by atoms with E-state index in [4.69, 9.17) is 4.42 Å². The minimum atomic E-state index is -0.471. The minimum absolute atomic E-state index is 0.104. The molecule has 2 rings (SSSR count). The minimum Gasteiger partial charge on any atom is -0.465 e. The molecule has 0 spiro atoms. The Hall–Kier alpha value is -2.37. The van der Waals surface area contributed by atoms with Crippen LogP contribution in [0.5, 0.6) is 0 Å². The Morgan fingerprint density at radius 1 is 1.35 bits per heavy atom. The van der Waals surface area contributed by atoms with E-state index in [1.54, 1.807) is 12.1 Å². The monoisotopic (exact) mass is 234 g/mol. The third-order valence-electron chi connectivity index (χ3n) is 2.19. The second-order valence-electron chi connectivity index (χ2n) is 3.51. The van der Waals surface area contributed by atoms with Crippen LogP contribution in [0, 0.1) is 0 Å². The van der Waals surface area contributed by atoms with Gasteiger partial charge >= 0.3 is 0 Å². The molecule has 88 valence electrons. The number of amides is 3. The van der Waals surface area contributed by atoms with Crippen LogP contribution < -0.4 is 5.32 Å². The standard InChI is InChI=1S/C11H10N2O4/c14-9-6-13(7-10(15)12-9)11(16)4-3-8-2-1-5-17-8/h1-5H,6-7H2,(H,12,14,15). The van der Waals surface area contributed by atoms with Crippen LogP contribution in [0.3, 0.4) is 0 Å². The molecule has 6 heteroatoms. The Morgan fingerprint density at radius 2 is 2.06 bits per heavy atom. The van der Waals surface area contributed by atoms with Crippen LogP contribution in [-0.4, -0.2) is 35.7 Å². The molecule has 1 aliphatic heterocycles. The Balaban J connectivity index is 2.00. The molecule has 1 saturated heterocycles. The molecular formula is C11H10N2O4. The number of nitrogens with zero attached hydrogens (tertiary/aromatic N) is 1. The molecule has 1 aliphatic rings. The summed E-state index contributed by atoms with van der Waals surface area (Å²) in [4.78, 5) is 34.9. The molecule has 17 heavy (non-hydrogen) atoms. The summed E-state index contributed by atoms with van der Waals surface area (Å²) in [5.41, 5.74) is 0. The van der Waals surface area contributed by atoms with E-state index >= 15 is 0 Å². The van der Waals surface area contributed by atoms with Gasteiger partial charge in [0.25, 0.3) is 0 Å². The zero-order chi connectivity index (χ0) is 12.3. The first-order valence-electron chi connectivity index (χ1n) is 4.98. The highest BCUT2D eigenvalue weighted by Crippen LogP contribution is 2.04. The summed E-state index contributed by atoms with van der Waals surface area (Å²) in [5.74, 6) is -0.808. The van der Waals surface area contributed by atoms with E-state index in [0.29, 0.717) is 5.76 Å². The Kier molecular flexibility index (Phi) is 3.04. The predicted octanol–water partition coefficient (Wildman–Crippen LogP) is -0.222. The molecule has 1 fully saturated rings. The van der Waals surface area contributed by atoms with Gasteiger partial charge in [0.1, 0.15) is 18.8 Å². The van der Waals surface area contributed by atoms with Crippen molar-refractivity contribution in [3.05, 3.63) is 30.2 Å². The summed E-state index contributed by atoms with van der Waals surface area (Å²) in [7, 11) is 0. The van der Waals surface area contributed by atoms with Gasteiger partial charge in [-0.05, 0) is 18.2 Å². The average Bonchev–Trinajstić information content (AvgIpc) is 2.77. The Morgan fingerprint density at radius 3 is 2.65 bits per heavy atom. The zero-order valence-corrected chi connectivity index (χ0v) is 8.88. The molecule has 0 radical (unpaired) electrons. The molecule has 0 bridgehead atoms. The van der Waals surface area contributed by atoms with Crippen LogP contribution >= 0.6 is 0 Å². The van der Waals surface area contributed by atoms with Crippen molar-refractivity contribution in [2.75, 3.05) is 13.1 Å². The van der Waals surface area contributed by atoms with E-state index in [0.717, 1.165) is 0 Å². The van der Waals surface area contributed by atoms with Gasteiger partial charge < -0.3 is 9.32 Å². The van der Waals surface area contributed by atoms with Crippen molar-refractivity contribution in [2.24, 2.45) is 0 Å².